The molecule has 0 saturated heterocycles. The minimum atomic E-state index is -0.403. The van der Waals surface area contributed by atoms with Gasteiger partial charge in [0.25, 0.3) is 5.91 Å². The number of hydrogen-bond acceptors (Lipinski definition) is 5. The summed E-state index contributed by atoms with van der Waals surface area (Å²) in [5.74, 6) is 0.316. The molecule has 6 nitrogen and oxygen atoms in total. The number of rotatable bonds is 5. The van der Waals surface area contributed by atoms with E-state index in [9.17, 15) is 4.79 Å². The van der Waals surface area contributed by atoms with Gasteiger partial charge in [0.2, 0.25) is 0 Å². The predicted molar refractivity (Wildman–Crippen MR) is 95.0 cm³/mol. The molecule has 2 aromatic heterocycles. The highest BCUT2D eigenvalue weighted by atomic mass is 35.5. The smallest absolute Gasteiger partial charge is 0.291 e. The summed E-state index contributed by atoms with van der Waals surface area (Å²) < 4.78 is 5.80. The first-order valence-electron chi connectivity index (χ1n) is 6.94. The zero-order valence-corrected chi connectivity index (χ0v) is 14.2. The summed E-state index contributed by atoms with van der Waals surface area (Å²) in [7, 11) is 1.59. The average molecular weight is 361 g/mol. The SMILES string of the molecule is COc1cccc(C=NNC(=O)c2cc(-c3ccc(Cl)s3)[nH]n2)c1. The lowest BCUT2D eigenvalue weighted by Gasteiger charge is -1.99. The highest BCUT2D eigenvalue weighted by molar-refractivity contribution is 7.19. The van der Waals surface area contributed by atoms with Gasteiger partial charge in [0, 0.05) is 0 Å². The number of amides is 1. The predicted octanol–water partition coefficient (Wildman–Crippen LogP) is 3.56. The van der Waals surface area contributed by atoms with E-state index < -0.39 is 5.91 Å². The zero-order valence-electron chi connectivity index (χ0n) is 12.6. The van der Waals surface area contributed by atoms with Crippen LogP contribution in [-0.2, 0) is 0 Å². The van der Waals surface area contributed by atoms with Crippen LogP contribution in [0.15, 0.2) is 47.6 Å². The van der Waals surface area contributed by atoms with Gasteiger partial charge < -0.3 is 4.74 Å². The third kappa shape index (κ3) is 3.81. The molecule has 1 amide bonds. The lowest BCUT2D eigenvalue weighted by molar-refractivity contribution is 0.0950. The van der Waals surface area contributed by atoms with Crippen LogP contribution in [0.2, 0.25) is 4.34 Å². The summed E-state index contributed by atoms with van der Waals surface area (Å²) in [5.41, 5.74) is 4.23. The molecule has 0 aliphatic heterocycles. The number of ether oxygens (including phenoxy) is 1. The van der Waals surface area contributed by atoms with E-state index in [-0.39, 0.29) is 5.69 Å². The standard InChI is InChI=1S/C16H13ClN4O2S/c1-23-11-4-2-3-10(7-11)9-18-21-16(22)13-8-12(19-20-13)14-5-6-15(17)24-14/h2-9H,1H3,(H,19,20)(H,21,22). The topological polar surface area (TPSA) is 79.4 Å². The van der Waals surface area contributed by atoms with Gasteiger partial charge in [-0.15, -0.1) is 11.3 Å². The number of nitrogens with one attached hydrogen (secondary N) is 2. The minimum absolute atomic E-state index is 0.248. The van der Waals surface area contributed by atoms with Gasteiger partial charge in [0.15, 0.2) is 5.69 Å². The van der Waals surface area contributed by atoms with Crippen molar-refractivity contribution in [1.82, 2.24) is 15.6 Å². The van der Waals surface area contributed by atoms with Crippen molar-refractivity contribution in [2.75, 3.05) is 7.11 Å². The molecule has 1 aromatic carbocycles. The molecule has 122 valence electrons. The summed E-state index contributed by atoms with van der Waals surface area (Å²) in [6, 6.07) is 12.6. The first-order chi connectivity index (χ1) is 11.7. The van der Waals surface area contributed by atoms with Gasteiger partial charge in [-0.25, -0.2) is 5.43 Å². The zero-order chi connectivity index (χ0) is 16.9. The maximum absolute atomic E-state index is 12.1. The van der Waals surface area contributed by atoms with E-state index in [1.54, 1.807) is 19.2 Å². The molecule has 2 N–H and O–H groups in total. The molecule has 0 fully saturated rings. The Hall–Kier alpha value is -2.64. The molecule has 0 saturated carbocycles. The number of hydrazone groups is 1. The number of H-pyrrole nitrogens is 1. The summed E-state index contributed by atoms with van der Waals surface area (Å²) in [5, 5.41) is 10.7. The van der Waals surface area contributed by atoms with E-state index >= 15 is 0 Å². The number of nitrogens with zero attached hydrogens (tertiary/aromatic N) is 2. The fraction of sp³-hybridized carbons (Fsp3) is 0.0625. The fourth-order valence-corrected chi connectivity index (χ4v) is 2.98. The first kappa shape index (κ1) is 16.2. The van der Waals surface area contributed by atoms with Gasteiger partial charge in [-0.3, -0.25) is 9.89 Å². The Bertz CT molecular complexity index is 888. The summed E-state index contributed by atoms with van der Waals surface area (Å²) >= 11 is 7.31. The number of aromatic nitrogens is 2. The van der Waals surface area contributed by atoms with Crippen molar-refractivity contribution >= 4 is 35.1 Å². The molecule has 0 spiro atoms. The Kier molecular flexibility index (Phi) is 4.93. The molecule has 0 aliphatic carbocycles. The van der Waals surface area contributed by atoms with Crippen LogP contribution in [0.4, 0.5) is 0 Å². The minimum Gasteiger partial charge on any atom is -0.497 e. The Labute approximate surface area is 147 Å². The lowest BCUT2D eigenvalue weighted by Crippen LogP contribution is -2.17. The van der Waals surface area contributed by atoms with Crippen LogP contribution in [0, 0.1) is 0 Å². The molecule has 8 heteroatoms. The van der Waals surface area contributed by atoms with E-state index in [1.807, 2.05) is 30.3 Å². The number of methoxy groups -OCH3 is 1. The number of benzene rings is 1. The van der Waals surface area contributed by atoms with Crippen molar-refractivity contribution in [1.29, 1.82) is 0 Å². The summed E-state index contributed by atoms with van der Waals surface area (Å²) in [6.45, 7) is 0. The van der Waals surface area contributed by atoms with Gasteiger partial charge in [0.1, 0.15) is 5.75 Å². The molecular formula is C16H13ClN4O2S. The first-order valence-corrected chi connectivity index (χ1v) is 8.14. The van der Waals surface area contributed by atoms with Crippen LogP contribution in [0.25, 0.3) is 10.6 Å². The van der Waals surface area contributed by atoms with Crippen molar-refractivity contribution in [2.24, 2.45) is 5.10 Å². The van der Waals surface area contributed by atoms with Gasteiger partial charge in [0.05, 0.1) is 28.2 Å². The molecule has 3 rings (SSSR count). The molecule has 0 aliphatic rings. The molecular weight excluding hydrogens is 348 g/mol. The van der Waals surface area contributed by atoms with E-state index in [0.717, 1.165) is 21.9 Å². The maximum atomic E-state index is 12.1. The Morgan fingerprint density at radius 1 is 1.38 bits per heavy atom. The van der Waals surface area contributed by atoms with Crippen LogP contribution in [-0.4, -0.2) is 29.4 Å². The lowest BCUT2D eigenvalue weighted by atomic mass is 10.2. The van der Waals surface area contributed by atoms with Crippen molar-refractivity contribution in [2.45, 2.75) is 0 Å². The molecule has 0 unspecified atom stereocenters. The van der Waals surface area contributed by atoms with Crippen LogP contribution < -0.4 is 10.2 Å². The van der Waals surface area contributed by atoms with Crippen molar-refractivity contribution < 1.29 is 9.53 Å². The molecule has 0 bridgehead atoms. The van der Waals surface area contributed by atoms with E-state index in [2.05, 4.69) is 20.7 Å². The molecule has 0 radical (unpaired) electrons. The van der Waals surface area contributed by atoms with E-state index in [1.165, 1.54) is 17.6 Å². The molecule has 3 aromatic rings. The summed E-state index contributed by atoms with van der Waals surface area (Å²) in [6.07, 6.45) is 1.53. The van der Waals surface area contributed by atoms with Crippen LogP contribution in [0.3, 0.4) is 0 Å². The monoisotopic (exact) mass is 360 g/mol. The Morgan fingerprint density at radius 2 is 2.25 bits per heavy atom. The second-order valence-corrected chi connectivity index (χ2v) is 6.46. The fourth-order valence-electron chi connectivity index (χ4n) is 1.97. The number of thiophene rings is 1. The van der Waals surface area contributed by atoms with Crippen molar-refractivity contribution in [3.63, 3.8) is 0 Å². The van der Waals surface area contributed by atoms with E-state index in [4.69, 9.17) is 16.3 Å². The summed E-state index contributed by atoms with van der Waals surface area (Å²) in [4.78, 5) is 13.0. The molecule has 2 heterocycles. The normalized spacial score (nSPS) is 10.9. The third-order valence-electron chi connectivity index (χ3n) is 3.12. The highest BCUT2D eigenvalue weighted by Crippen LogP contribution is 2.29. The number of halogens is 1. The third-order valence-corrected chi connectivity index (χ3v) is 4.39. The van der Waals surface area contributed by atoms with Crippen LogP contribution >= 0.6 is 22.9 Å². The van der Waals surface area contributed by atoms with Crippen molar-refractivity contribution in [3.05, 3.63) is 58.1 Å². The molecule has 24 heavy (non-hydrogen) atoms. The van der Waals surface area contributed by atoms with Crippen LogP contribution in [0.1, 0.15) is 16.1 Å². The van der Waals surface area contributed by atoms with Gasteiger partial charge in [-0.05, 0) is 35.9 Å². The van der Waals surface area contributed by atoms with Gasteiger partial charge >= 0.3 is 0 Å². The van der Waals surface area contributed by atoms with Crippen LogP contribution in [0.5, 0.6) is 5.75 Å². The number of hydrogen-bond donors (Lipinski definition) is 2. The van der Waals surface area contributed by atoms with E-state index in [0.29, 0.717) is 4.34 Å². The number of aromatic amines is 1. The second-order valence-electron chi connectivity index (χ2n) is 4.75. The number of carbonyl (C=O) groups is 1. The molecule has 0 atom stereocenters. The maximum Gasteiger partial charge on any atom is 0.291 e. The Morgan fingerprint density at radius 3 is 3.00 bits per heavy atom. The van der Waals surface area contributed by atoms with Gasteiger partial charge in [-0.1, -0.05) is 23.7 Å². The average Bonchev–Trinajstić information content (AvgIpc) is 3.24. The highest BCUT2D eigenvalue weighted by Gasteiger charge is 2.11. The second kappa shape index (κ2) is 7.29. The van der Waals surface area contributed by atoms with Crippen molar-refractivity contribution in [3.8, 4) is 16.3 Å². The Balaban J connectivity index is 1.65. The van der Waals surface area contributed by atoms with Gasteiger partial charge in [-0.2, -0.15) is 10.2 Å². The quantitative estimate of drug-likeness (QED) is 0.539. The largest absolute Gasteiger partial charge is 0.497 e. The number of carbonyl (C=O) groups excluding carboxylic acids is 1.